The van der Waals surface area contributed by atoms with Crippen LogP contribution in [0.2, 0.25) is 0 Å². The summed E-state index contributed by atoms with van der Waals surface area (Å²) in [7, 11) is 1.41. The molecule has 0 amide bonds. The van der Waals surface area contributed by atoms with Gasteiger partial charge in [0.25, 0.3) is 0 Å². The number of hydrogen-bond donors (Lipinski definition) is 1. The number of allylic oxidation sites excluding steroid dienone is 6. The summed E-state index contributed by atoms with van der Waals surface area (Å²) in [4.78, 5) is 23.4. The normalized spacial score (nSPS) is 16.7. The Bertz CT molecular complexity index is 821. The number of unbranched alkanes of at least 4 members (excludes halogenated alkanes) is 20. The van der Waals surface area contributed by atoms with Gasteiger partial charge < -0.3 is 9.84 Å². The topological polar surface area (TPSA) is 63.6 Å². The van der Waals surface area contributed by atoms with E-state index < -0.39 is 6.10 Å². The Balaban J connectivity index is 1.95. The fourth-order valence-corrected chi connectivity index (χ4v) is 5.94. The van der Waals surface area contributed by atoms with Gasteiger partial charge in [0.05, 0.1) is 13.2 Å². The maximum atomic E-state index is 12.3. The second-order valence-corrected chi connectivity index (χ2v) is 12.9. The maximum Gasteiger partial charge on any atom is 0.305 e. The van der Waals surface area contributed by atoms with Gasteiger partial charge >= 0.3 is 5.97 Å². The number of carbonyl (C=O) groups excluding carboxylic acids is 2. The fourth-order valence-electron chi connectivity index (χ4n) is 5.94. The fraction of sp³-hybridized carbons (Fsp3) is 0.750. The van der Waals surface area contributed by atoms with Gasteiger partial charge in [-0.2, -0.15) is 0 Å². The van der Waals surface area contributed by atoms with Crippen molar-refractivity contribution in [2.24, 2.45) is 5.92 Å². The molecule has 1 aliphatic carbocycles. The van der Waals surface area contributed by atoms with Gasteiger partial charge in [0.1, 0.15) is 0 Å². The van der Waals surface area contributed by atoms with Gasteiger partial charge in [-0.1, -0.05) is 159 Å². The highest BCUT2D eigenvalue weighted by atomic mass is 16.5. The van der Waals surface area contributed by atoms with Crippen molar-refractivity contribution < 1.29 is 19.4 Å². The van der Waals surface area contributed by atoms with Crippen LogP contribution in [0.1, 0.15) is 174 Å². The summed E-state index contributed by atoms with van der Waals surface area (Å²) in [6.45, 7) is 2.29. The van der Waals surface area contributed by atoms with Crippen LogP contribution in [-0.2, 0) is 14.3 Å². The van der Waals surface area contributed by atoms with E-state index in [1.165, 1.54) is 129 Å². The summed E-state index contributed by atoms with van der Waals surface area (Å²) < 4.78 is 4.66. The van der Waals surface area contributed by atoms with Gasteiger partial charge in [-0.3, -0.25) is 9.59 Å². The zero-order chi connectivity index (χ0) is 31.9. The Labute approximate surface area is 271 Å². The Morgan fingerprint density at radius 1 is 0.727 bits per heavy atom. The van der Waals surface area contributed by atoms with Crippen molar-refractivity contribution in [2.45, 2.75) is 180 Å². The third kappa shape index (κ3) is 23.4. The molecule has 0 heterocycles. The zero-order valence-electron chi connectivity index (χ0n) is 28.8. The smallest absolute Gasteiger partial charge is 0.305 e. The number of rotatable bonds is 30. The van der Waals surface area contributed by atoms with Crippen LogP contribution in [0.4, 0.5) is 0 Å². The molecule has 0 unspecified atom stereocenters. The first-order chi connectivity index (χ1) is 21.6. The highest BCUT2D eigenvalue weighted by Gasteiger charge is 2.21. The van der Waals surface area contributed by atoms with E-state index in [2.05, 4.69) is 36.0 Å². The molecule has 0 aromatic rings. The lowest BCUT2D eigenvalue weighted by Crippen LogP contribution is -2.07. The lowest BCUT2D eigenvalue weighted by atomic mass is 9.96. The molecule has 0 bridgehead atoms. The van der Waals surface area contributed by atoms with Crippen LogP contribution < -0.4 is 0 Å². The maximum absolute atomic E-state index is 12.3. The molecule has 0 aromatic heterocycles. The number of methoxy groups -OCH3 is 1. The molecule has 1 aliphatic rings. The summed E-state index contributed by atoms with van der Waals surface area (Å²) in [6.07, 6.45) is 45.2. The minimum atomic E-state index is -0.452. The van der Waals surface area contributed by atoms with Crippen molar-refractivity contribution in [3.8, 4) is 0 Å². The van der Waals surface area contributed by atoms with Crippen molar-refractivity contribution in [3.05, 3.63) is 48.1 Å². The molecular weight excluding hydrogens is 544 g/mol. The van der Waals surface area contributed by atoms with E-state index in [1.807, 2.05) is 12.2 Å². The highest BCUT2D eigenvalue weighted by molar-refractivity contribution is 6.07. The number of esters is 1. The summed E-state index contributed by atoms with van der Waals surface area (Å²) in [5.41, 5.74) is 0.793. The summed E-state index contributed by atoms with van der Waals surface area (Å²) in [5, 5.41) is 10.4. The third-order valence-corrected chi connectivity index (χ3v) is 8.86. The Morgan fingerprint density at radius 3 is 1.77 bits per heavy atom. The highest BCUT2D eigenvalue weighted by Crippen LogP contribution is 2.26. The van der Waals surface area contributed by atoms with Crippen LogP contribution in [0.25, 0.3) is 0 Å². The lowest BCUT2D eigenvalue weighted by molar-refractivity contribution is -0.140. The second-order valence-electron chi connectivity index (χ2n) is 12.9. The molecule has 0 fully saturated rings. The van der Waals surface area contributed by atoms with E-state index in [9.17, 15) is 14.7 Å². The van der Waals surface area contributed by atoms with Gasteiger partial charge in [-0.05, 0) is 51.0 Å². The summed E-state index contributed by atoms with van der Waals surface area (Å²) in [6, 6.07) is 0. The molecule has 0 saturated heterocycles. The molecule has 0 aromatic carbocycles. The van der Waals surface area contributed by atoms with Crippen molar-refractivity contribution in [3.63, 3.8) is 0 Å². The van der Waals surface area contributed by atoms with Crippen LogP contribution in [0.5, 0.6) is 0 Å². The molecule has 1 rings (SSSR count). The van der Waals surface area contributed by atoms with Crippen molar-refractivity contribution in [1.82, 2.24) is 0 Å². The van der Waals surface area contributed by atoms with E-state index >= 15 is 0 Å². The molecular formula is C40H68O4. The standard InChI is InChI=1S/C40H68O4/c1-3-4-5-6-7-8-9-10-11-12-13-14-15-16-17-18-19-20-21-22-23-27-30-37(41)33-34-38-36(32-35-39(38)42)29-26-24-25-28-31-40(43)44-2/h23-24,26-27,32,34-37,41H,3-22,25,28-31,33H2,1-2H3/b26-24-,27-23-,38-34+/t36-,37-/m0/s1. The lowest BCUT2D eigenvalue weighted by Gasteiger charge is -2.10. The number of hydrogen-bond acceptors (Lipinski definition) is 4. The first kappa shape index (κ1) is 40.1. The second kappa shape index (κ2) is 29.8. The Hall–Kier alpha value is -1.94. The molecule has 0 saturated carbocycles. The molecule has 1 N–H and O–H groups in total. The van der Waals surface area contributed by atoms with Crippen molar-refractivity contribution in [2.75, 3.05) is 7.11 Å². The van der Waals surface area contributed by atoms with Crippen molar-refractivity contribution in [1.29, 1.82) is 0 Å². The van der Waals surface area contributed by atoms with Gasteiger partial charge in [0.2, 0.25) is 0 Å². The monoisotopic (exact) mass is 613 g/mol. The van der Waals surface area contributed by atoms with Crippen LogP contribution in [0, 0.1) is 5.92 Å². The Kier molecular flexibility index (Phi) is 27.1. The number of aliphatic hydroxyl groups is 1. The molecule has 44 heavy (non-hydrogen) atoms. The number of aliphatic hydroxyl groups excluding tert-OH is 1. The van der Waals surface area contributed by atoms with E-state index in [0.29, 0.717) is 19.3 Å². The van der Waals surface area contributed by atoms with E-state index in [1.54, 1.807) is 6.08 Å². The first-order valence-electron chi connectivity index (χ1n) is 18.6. The van der Waals surface area contributed by atoms with E-state index in [4.69, 9.17) is 0 Å². The minimum absolute atomic E-state index is 0.0566. The molecule has 252 valence electrons. The summed E-state index contributed by atoms with van der Waals surface area (Å²) in [5.74, 6) is -0.0419. The zero-order valence-corrected chi connectivity index (χ0v) is 28.8. The SMILES string of the molecule is CCCCCCCCCCCCCCCCCCCCC/C=C\C[C@H](O)C/C=C1/C(=O)C=C[C@@H]1C/C=C\CCCC(=O)OC. The number of carbonyl (C=O) groups is 2. The summed E-state index contributed by atoms with van der Waals surface area (Å²) >= 11 is 0. The first-order valence-corrected chi connectivity index (χ1v) is 18.6. The largest absolute Gasteiger partial charge is 0.469 e. The molecule has 0 spiro atoms. The molecule has 0 radical (unpaired) electrons. The van der Waals surface area contributed by atoms with Crippen LogP contribution in [0.3, 0.4) is 0 Å². The number of ether oxygens (including phenoxy) is 1. The molecule has 2 atom stereocenters. The minimum Gasteiger partial charge on any atom is -0.469 e. The van der Waals surface area contributed by atoms with Gasteiger partial charge in [0, 0.05) is 17.9 Å². The predicted molar refractivity (Wildman–Crippen MR) is 188 cm³/mol. The average molecular weight is 613 g/mol. The van der Waals surface area contributed by atoms with Gasteiger partial charge in [-0.25, -0.2) is 0 Å². The number of ketones is 1. The van der Waals surface area contributed by atoms with Crippen LogP contribution in [-0.4, -0.2) is 30.1 Å². The van der Waals surface area contributed by atoms with Gasteiger partial charge in [0.15, 0.2) is 5.78 Å². The van der Waals surface area contributed by atoms with E-state index in [-0.39, 0.29) is 17.7 Å². The molecule has 0 aliphatic heterocycles. The van der Waals surface area contributed by atoms with Gasteiger partial charge in [-0.15, -0.1) is 0 Å². The molecule has 4 heteroatoms. The molecule has 4 nitrogen and oxygen atoms in total. The average Bonchev–Trinajstić information content (AvgIpc) is 3.38. The Morgan fingerprint density at radius 2 is 1.23 bits per heavy atom. The van der Waals surface area contributed by atoms with Crippen LogP contribution >= 0.6 is 0 Å². The van der Waals surface area contributed by atoms with E-state index in [0.717, 1.165) is 31.3 Å². The quantitative estimate of drug-likeness (QED) is 0.0379. The third-order valence-electron chi connectivity index (χ3n) is 8.86. The predicted octanol–water partition coefficient (Wildman–Crippen LogP) is 11.5. The van der Waals surface area contributed by atoms with Crippen molar-refractivity contribution >= 4 is 11.8 Å². The van der Waals surface area contributed by atoms with Crippen LogP contribution in [0.15, 0.2) is 48.1 Å².